The van der Waals surface area contributed by atoms with E-state index in [1.54, 1.807) is 24.3 Å². The van der Waals surface area contributed by atoms with Crippen molar-refractivity contribution in [3.63, 3.8) is 0 Å². The van der Waals surface area contributed by atoms with Crippen molar-refractivity contribution in [2.45, 2.75) is 160 Å². The van der Waals surface area contributed by atoms with E-state index in [4.69, 9.17) is 48.0 Å². The molecule has 8 aliphatic heterocycles. The molecule has 344 valence electrons. The lowest BCUT2D eigenvalue weighted by Gasteiger charge is -2.60. The van der Waals surface area contributed by atoms with Gasteiger partial charge >= 0.3 is 0 Å². The molecule has 8 heterocycles. The number of amides is 2. The lowest BCUT2D eigenvalue weighted by atomic mass is 9.58. The molecule has 8 saturated heterocycles. The normalized spacial score (nSPS) is 43.4. The first kappa shape index (κ1) is 43.5. The summed E-state index contributed by atoms with van der Waals surface area (Å²) in [5.41, 5.74) is -0.294. The molecule has 2 amide bonds. The van der Waals surface area contributed by atoms with Crippen LogP contribution in [0.1, 0.15) is 133 Å². The fourth-order valence-corrected chi connectivity index (χ4v) is 12.7. The summed E-state index contributed by atoms with van der Waals surface area (Å²) in [6.07, 6.45) is 7.63. The predicted molar refractivity (Wildman–Crippen MR) is 226 cm³/mol. The molecule has 2 saturated carbocycles. The number of benzene rings is 2. The number of carbonyl (C=O) groups excluding carboxylic acids is 2. The van der Waals surface area contributed by atoms with Crippen molar-refractivity contribution in [2.75, 3.05) is 13.1 Å². The third-order valence-corrected chi connectivity index (χ3v) is 16.3. The molecule has 0 radical (unpaired) electrons. The van der Waals surface area contributed by atoms with Crippen LogP contribution in [-0.4, -0.2) is 72.8 Å². The van der Waals surface area contributed by atoms with Crippen LogP contribution >= 0.6 is 0 Å². The van der Waals surface area contributed by atoms with Gasteiger partial charge in [-0.25, -0.2) is 19.6 Å². The van der Waals surface area contributed by atoms with Gasteiger partial charge in [0.15, 0.2) is 23.8 Å². The maximum atomic E-state index is 13.2. The number of unbranched alkanes of at least 4 members (excludes halogenated alkanes) is 2. The lowest BCUT2D eigenvalue weighted by molar-refractivity contribution is -0.575. The number of nitrogens with one attached hydrogen (secondary N) is 2. The third kappa shape index (κ3) is 7.67. The largest absolute Gasteiger partial charge is 0.465 e. The molecular weight excluding hydrogens is 809 g/mol. The smallest absolute Gasteiger partial charge is 0.251 e. The third-order valence-electron chi connectivity index (χ3n) is 16.3. The maximum Gasteiger partial charge on any atom is 0.251 e. The van der Waals surface area contributed by atoms with Crippen LogP contribution < -0.4 is 20.1 Å². The van der Waals surface area contributed by atoms with Crippen LogP contribution in [0.15, 0.2) is 48.5 Å². The van der Waals surface area contributed by atoms with E-state index in [1.165, 1.54) is 0 Å². The van der Waals surface area contributed by atoms with E-state index in [1.807, 2.05) is 38.1 Å². The van der Waals surface area contributed by atoms with Gasteiger partial charge in [0, 0.05) is 60.7 Å². The summed E-state index contributed by atoms with van der Waals surface area (Å²) >= 11 is 0. The standard InChI is InChI=1S/C49H66N2O12/c1-28-16-18-38-30(3)42(56-44-48(38)36(28)20-22-46(5,58-44)60-62-48)54-34-14-10-12-32(26-34)40(52)50-24-8-7-9-25-51-41(53)33-13-11-15-35(27-33)55-43-31(4)39-19-17-29(2)37-21-23-47(6)59-45(57-43)49(37,39)63-61-47/h10-15,26-31,36-39,42-45H,7-9,16-25H2,1-6H3,(H,50,52)(H,51,53)/t28-,29-,30-,31-,36?,37?,38?,39?,42+,43+,44?,45?,46-,47-,48-,49-/m1/s1. The second kappa shape index (κ2) is 16.8. The SMILES string of the molecule is C[C@@H]1CCC2[C@@H](C)[C@@H](Oc3cccc(C(=O)NCCCCCNC(=O)c4cccc(O[C@H]5OC6O[C@@]7(C)CCC8[C@H](C)CCC([C@H]5C)[C@@]68OO7)c4)c3)OC3O[C@@]4(C)CCC1[C@]32OO4. The molecule has 14 nitrogen and oxygen atoms in total. The summed E-state index contributed by atoms with van der Waals surface area (Å²) in [6, 6.07) is 14.5. The van der Waals surface area contributed by atoms with Crippen LogP contribution in [0, 0.1) is 47.3 Å². The molecule has 63 heavy (non-hydrogen) atoms. The van der Waals surface area contributed by atoms with Gasteiger partial charge in [0.2, 0.25) is 24.2 Å². The predicted octanol–water partition coefficient (Wildman–Crippen LogP) is 8.19. The highest BCUT2D eigenvalue weighted by Gasteiger charge is 2.71. The molecule has 2 aromatic carbocycles. The van der Waals surface area contributed by atoms with Crippen LogP contribution in [0.4, 0.5) is 0 Å². The minimum atomic E-state index is -0.859. The lowest BCUT2D eigenvalue weighted by Crippen LogP contribution is -2.70. The number of carbonyl (C=O) groups is 2. The minimum Gasteiger partial charge on any atom is -0.465 e. The number of fused-ring (bicyclic) bond motifs is 4. The Morgan fingerprint density at radius 3 is 1.48 bits per heavy atom. The molecule has 14 heteroatoms. The Morgan fingerprint density at radius 1 is 0.587 bits per heavy atom. The first-order valence-corrected chi connectivity index (χ1v) is 23.8. The number of ether oxygens (including phenoxy) is 6. The van der Waals surface area contributed by atoms with E-state index in [0.29, 0.717) is 47.6 Å². The Bertz CT molecular complexity index is 1880. The van der Waals surface area contributed by atoms with Gasteiger partial charge in [-0.1, -0.05) is 39.8 Å². The zero-order valence-corrected chi connectivity index (χ0v) is 37.6. The second-order valence-corrected chi connectivity index (χ2v) is 20.4. The first-order valence-electron chi connectivity index (χ1n) is 23.8. The zero-order valence-electron chi connectivity index (χ0n) is 37.6. The van der Waals surface area contributed by atoms with E-state index in [0.717, 1.165) is 70.6 Å². The van der Waals surface area contributed by atoms with E-state index >= 15 is 0 Å². The topological polar surface area (TPSA) is 150 Å². The summed E-state index contributed by atoms with van der Waals surface area (Å²) < 4.78 is 39.1. The number of rotatable bonds is 12. The van der Waals surface area contributed by atoms with Crippen molar-refractivity contribution in [1.29, 1.82) is 0 Å². The van der Waals surface area contributed by atoms with Crippen LogP contribution in [-0.2, 0) is 38.5 Å². The quantitative estimate of drug-likeness (QED) is 0.156. The Labute approximate surface area is 370 Å². The van der Waals surface area contributed by atoms with Crippen molar-refractivity contribution in [2.24, 2.45) is 47.3 Å². The molecular formula is C49H66N2O12. The van der Waals surface area contributed by atoms with E-state index in [-0.39, 0.29) is 47.3 Å². The molecule has 10 fully saturated rings. The van der Waals surface area contributed by atoms with Gasteiger partial charge in [0.05, 0.1) is 0 Å². The van der Waals surface area contributed by atoms with Gasteiger partial charge < -0.3 is 39.1 Å². The molecule has 2 aromatic rings. The van der Waals surface area contributed by atoms with Gasteiger partial charge in [-0.3, -0.25) is 9.59 Å². The molecule has 2 aliphatic carbocycles. The Hall–Kier alpha value is -3.34. The Balaban J connectivity index is 0.672. The average molecular weight is 875 g/mol. The van der Waals surface area contributed by atoms with Crippen LogP contribution in [0.25, 0.3) is 0 Å². The van der Waals surface area contributed by atoms with Gasteiger partial charge in [-0.05, 0) is 132 Å². The monoisotopic (exact) mass is 874 g/mol. The zero-order chi connectivity index (χ0) is 43.7. The number of hydrogen-bond donors (Lipinski definition) is 2. The van der Waals surface area contributed by atoms with Crippen molar-refractivity contribution in [3.05, 3.63) is 59.7 Å². The van der Waals surface area contributed by atoms with Crippen LogP contribution in [0.3, 0.4) is 0 Å². The van der Waals surface area contributed by atoms with Crippen LogP contribution in [0.5, 0.6) is 11.5 Å². The molecule has 2 N–H and O–H groups in total. The molecule has 0 aromatic heterocycles. The molecule has 12 rings (SSSR count). The summed E-state index contributed by atoms with van der Waals surface area (Å²) in [6.45, 7) is 13.8. The van der Waals surface area contributed by atoms with Crippen molar-refractivity contribution >= 4 is 11.8 Å². The molecule has 10 aliphatic rings. The van der Waals surface area contributed by atoms with E-state index in [9.17, 15) is 9.59 Å². The van der Waals surface area contributed by atoms with Crippen LogP contribution in [0.2, 0.25) is 0 Å². The first-order chi connectivity index (χ1) is 30.3. The summed E-state index contributed by atoms with van der Waals surface area (Å²) in [4.78, 5) is 50.9. The highest BCUT2D eigenvalue weighted by molar-refractivity contribution is 5.95. The highest BCUT2D eigenvalue weighted by Crippen LogP contribution is 2.62. The van der Waals surface area contributed by atoms with Gasteiger partial charge in [-0.15, -0.1) is 0 Å². The van der Waals surface area contributed by atoms with Gasteiger partial charge in [-0.2, -0.15) is 0 Å². The van der Waals surface area contributed by atoms with Crippen molar-refractivity contribution < 1.29 is 57.6 Å². The molecule has 6 unspecified atom stereocenters. The number of hydrogen-bond acceptors (Lipinski definition) is 12. The van der Waals surface area contributed by atoms with Gasteiger partial charge in [0.25, 0.3) is 11.8 Å². The van der Waals surface area contributed by atoms with Gasteiger partial charge in [0.1, 0.15) is 11.5 Å². The Morgan fingerprint density at radius 2 is 1.03 bits per heavy atom. The fourth-order valence-electron chi connectivity index (χ4n) is 12.7. The maximum absolute atomic E-state index is 13.2. The summed E-state index contributed by atoms with van der Waals surface area (Å²) in [5.74, 6) is 0.882. The minimum absolute atomic E-state index is 0.0124. The summed E-state index contributed by atoms with van der Waals surface area (Å²) in [5, 5.41) is 6.08. The molecule has 2 spiro atoms. The van der Waals surface area contributed by atoms with E-state index < -0.39 is 47.9 Å². The molecule has 4 bridgehead atoms. The highest BCUT2D eigenvalue weighted by atomic mass is 17.3. The Kier molecular flexibility index (Phi) is 11.6. The van der Waals surface area contributed by atoms with E-state index in [2.05, 4.69) is 38.3 Å². The average Bonchev–Trinajstić information content (AvgIpc) is 3.65. The second-order valence-electron chi connectivity index (χ2n) is 20.4. The molecule has 16 atom stereocenters. The van der Waals surface area contributed by atoms with Crippen molar-refractivity contribution in [1.82, 2.24) is 10.6 Å². The fraction of sp³-hybridized carbons (Fsp3) is 0.714. The summed E-state index contributed by atoms with van der Waals surface area (Å²) in [7, 11) is 0. The van der Waals surface area contributed by atoms with Crippen molar-refractivity contribution in [3.8, 4) is 11.5 Å².